The Labute approximate surface area is 65.0 Å². The molecule has 0 atom stereocenters. The molecule has 0 aromatic heterocycles. The summed E-state index contributed by atoms with van der Waals surface area (Å²) < 4.78 is 0.569. The molecule has 0 aliphatic rings. The Morgan fingerprint density at radius 1 is 1.56 bits per heavy atom. The van der Waals surface area contributed by atoms with E-state index in [-0.39, 0.29) is 5.91 Å². The first-order chi connectivity index (χ1) is 4.04. The summed E-state index contributed by atoms with van der Waals surface area (Å²) in [7, 11) is 0. The Balaban J connectivity index is 3.51. The quantitative estimate of drug-likeness (QED) is 0.581. The standard InChI is InChI=1S/C5H9Cl2NO/c1-4(2)3-5(9)8(6)7/h4H,3H2,1-2H3. The summed E-state index contributed by atoms with van der Waals surface area (Å²) in [6, 6.07) is 0. The van der Waals surface area contributed by atoms with Crippen LogP contribution in [0.4, 0.5) is 0 Å². The second-order valence-electron chi connectivity index (χ2n) is 2.22. The fraction of sp³-hybridized carbons (Fsp3) is 0.800. The van der Waals surface area contributed by atoms with Crippen LogP contribution in [0.25, 0.3) is 0 Å². The van der Waals surface area contributed by atoms with Crippen LogP contribution in [0.5, 0.6) is 0 Å². The van der Waals surface area contributed by atoms with Crippen LogP contribution in [0.15, 0.2) is 0 Å². The molecule has 0 saturated carbocycles. The highest BCUT2D eigenvalue weighted by Crippen LogP contribution is 2.07. The van der Waals surface area contributed by atoms with Gasteiger partial charge in [0.2, 0.25) is 0 Å². The lowest BCUT2D eigenvalue weighted by molar-refractivity contribution is -0.124. The van der Waals surface area contributed by atoms with Gasteiger partial charge >= 0.3 is 0 Å². The Morgan fingerprint density at radius 3 is 2.11 bits per heavy atom. The number of hydrogen-bond acceptors (Lipinski definition) is 1. The molecule has 0 aliphatic heterocycles. The third kappa shape index (κ3) is 4.55. The van der Waals surface area contributed by atoms with E-state index in [0.29, 0.717) is 16.3 Å². The largest absolute Gasteiger partial charge is 0.272 e. The second kappa shape index (κ2) is 3.96. The fourth-order valence-electron chi connectivity index (χ4n) is 0.418. The molecule has 0 heterocycles. The molecule has 0 aliphatic carbocycles. The Kier molecular flexibility index (Phi) is 3.98. The van der Waals surface area contributed by atoms with Crippen LogP contribution in [0.1, 0.15) is 20.3 Å². The zero-order chi connectivity index (χ0) is 7.44. The highest BCUT2D eigenvalue weighted by molar-refractivity contribution is 6.41. The SMILES string of the molecule is CC(C)CC(=O)N(Cl)Cl. The van der Waals surface area contributed by atoms with Gasteiger partial charge in [0.15, 0.2) is 0 Å². The number of hydrogen-bond donors (Lipinski definition) is 0. The number of amides is 1. The van der Waals surface area contributed by atoms with Gasteiger partial charge in [-0.3, -0.25) is 4.79 Å². The van der Waals surface area contributed by atoms with Gasteiger partial charge in [-0.2, -0.15) is 3.94 Å². The monoisotopic (exact) mass is 169 g/mol. The molecule has 0 unspecified atom stereocenters. The van der Waals surface area contributed by atoms with Crippen LogP contribution >= 0.6 is 23.6 Å². The van der Waals surface area contributed by atoms with Crippen LogP contribution < -0.4 is 0 Å². The van der Waals surface area contributed by atoms with Crippen LogP contribution in [0.3, 0.4) is 0 Å². The van der Waals surface area contributed by atoms with Crippen LogP contribution in [0.2, 0.25) is 0 Å². The lowest BCUT2D eigenvalue weighted by Crippen LogP contribution is -2.12. The van der Waals surface area contributed by atoms with Crippen LogP contribution in [-0.4, -0.2) is 9.85 Å². The van der Waals surface area contributed by atoms with Crippen molar-refractivity contribution in [2.45, 2.75) is 20.3 Å². The fourth-order valence-corrected chi connectivity index (χ4v) is 0.556. The van der Waals surface area contributed by atoms with E-state index in [2.05, 4.69) is 0 Å². The van der Waals surface area contributed by atoms with E-state index in [0.717, 1.165) is 0 Å². The molecule has 0 N–H and O–H groups in total. The molecule has 0 rings (SSSR count). The van der Waals surface area contributed by atoms with Crippen molar-refractivity contribution in [3.05, 3.63) is 0 Å². The number of carbonyl (C=O) groups excluding carboxylic acids is 1. The maximum atomic E-state index is 10.6. The highest BCUT2D eigenvalue weighted by atomic mass is 35.5. The van der Waals surface area contributed by atoms with E-state index in [9.17, 15) is 4.79 Å². The van der Waals surface area contributed by atoms with Crippen molar-refractivity contribution in [2.75, 3.05) is 0 Å². The van der Waals surface area contributed by atoms with Crippen molar-refractivity contribution in [1.82, 2.24) is 3.94 Å². The molecule has 0 saturated heterocycles. The van der Waals surface area contributed by atoms with Crippen molar-refractivity contribution in [3.63, 3.8) is 0 Å². The molecule has 9 heavy (non-hydrogen) atoms. The minimum atomic E-state index is -0.256. The van der Waals surface area contributed by atoms with E-state index in [1.54, 1.807) is 0 Å². The van der Waals surface area contributed by atoms with E-state index in [1.807, 2.05) is 13.8 Å². The third-order valence-electron chi connectivity index (χ3n) is 0.771. The van der Waals surface area contributed by atoms with Gasteiger partial charge in [0, 0.05) is 30.0 Å². The molecule has 1 amide bonds. The molecule has 0 aromatic carbocycles. The zero-order valence-electron chi connectivity index (χ0n) is 5.40. The average molecular weight is 170 g/mol. The summed E-state index contributed by atoms with van der Waals surface area (Å²) in [5.41, 5.74) is 0. The first-order valence-corrected chi connectivity index (χ1v) is 3.36. The summed E-state index contributed by atoms with van der Waals surface area (Å²) >= 11 is 10.2. The molecule has 0 aromatic rings. The van der Waals surface area contributed by atoms with Gasteiger partial charge in [-0.15, -0.1) is 0 Å². The molecule has 0 fully saturated rings. The summed E-state index contributed by atoms with van der Waals surface area (Å²) in [5, 5.41) is 0. The normalized spacial score (nSPS) is 9.89. The van der Waals surface area contributed by atoms with Gasteiger partial charge < -0.3 is 0 Å². The summed E-state index contributed by atoms with van der Waals surface area (Å²) in [5.74, 6) is 0.0471. The number of carbonyl (C=O) groups is 1. The van der Waals surface area contributed by atoms with Crippen molar-refractivity contribution in [2.24, 2.45) is 5.92 Å². The maximum Gasteiger partial charge on any atom is 0.252 e. The molecule has 54 valence electrons. The number of rotatable bonds is 2. The Hall–Kier alpha value is 0.0500. The van der Waals surface area contributed by atoms with Gasteiger partial charge in [-0.05, 0) is 5.92 Å². The van der Waals surface area contributed by atoms with Crippen LogP contribution in [-0.2, 0) is 4.79 Å². The van der Waals surface area contributed by atoms with E-state index in [4.69, 9.17) is 23.6 Å². The number of nitrogens with zero attached hydrogens (tertiary/aromatic N) is 1. The molecule has 4 heteroatoms. The predicted molar refractivity (Wildman–Crippen MR) is 38.0 cm³/mol. The predicted octanol–water partition coefficient (Wildman–Crippen LogP) is 2.17. The zero-order valence-corrected chi connectivity index (χ0v) is 6.91. The lowest BCUT2D eigenvalue weighted by atomic mass is 10.1. The Bertz CT molecular complexity index is 103. The summed E-state index contributed by atoms with van der Waals surface area (Å²) in [6.07, 6.45) is 0.396. The number of halogens is 2. The minimum absolute atomic E-state index is 0.256. The van der Waals surface area contributed by atoms with Gasteiger partial charge in [0.1, 0.15) is 0 Å². The summed E-state index contributed by atoms with van der Waals surface area (Å²) in [6.45, 7) is 3.85. The van der Waals surface area contributed by atoms with E-state index in [1.165, 1.54) is 0 Å². The van der Waals surface area contributed by atoms with Crippen molar-refractivity contribution < 1.29 is 4.79 Å². The second-order valence-corrected chi connectivity index (χ2v) is 3.07. The van der Waals surface area contributed by atoms with Crippen molar-refractivity contribution in [1.29, 1.82) is 0 Å². The van der Waals surface area contributed by atoms with E-state index < -0.39 is 0 Å². The average Bonchev–Trinajstić information content (AvgIpc) is 1.63. The topological polar surface area (TPSA) is 20.3 Å². The van der Waals surface area contributed by atoms with Crippen LogP contribution in [0, 0.1) is 5.92 Å². The maximum absolute atomic E-state index is 10.6. The molecule has 0 radical (unpaired) electrons. The smallest absolute Gasteiger partial charge is 0.252 e. The lowest BCUT2D eigenvalue weighted by Gasteiger charge is -2.04. The van der Waals surface area contributed by atoms with Gasteiger partial charge in [-0.25, -0.2) is 0 Å². The summed E-state index contributed by atoms with van der Waals surface area (Å²) in [4.78, 5) is 10.6. The Morgan fingerprint density at radius 2 is 2.00 bits per heavy atom. The molecule has 2 nitrogen and oxygen atoms in total. The molecule has 0 spiro atoms. The molecular formula is C5H9Cl2NO. The van der Waals surface area contributed by atoms with Gasteiger partial charge in [0.05, 0.1) is 0 Å². The van der Waals surface area contributed by atoms with Crippen molar-refractivity contribution in [3.8, 4) is 0 Å². The third-order valence-corrected chi connectivity index (χ3v) is 1.15. The highest BCUT2D eigenvalue weighted by Gasteiger charge is 2.09. The first kappa shape index (κ1) is 9.05. The minimum Gasteiger partial charge on any atom is -0.272 e. The molecule has 0 bridgehead atoms. The van der Waals surface area contributed by atoms with Crippen molar-refractivity contribution >= 4 is 29.5 Å². The van der Waals surface area contributed by atoms with E-state index >= 15 is 0 Å². The molecular weight excluding hydrogens is 161 g/mol. The van der Waals surface area contributed by atoms with Gasteiger partial charge in [0.25, 0.3) is 5.91 Å². The van der Waals surface area contributed by atoms with Gasteiger partial charge in [-0.1, -0.05) is 13.8 Å². The first-order valence-electron chi connectivity index (χ1n) is 2.68.